The number of hydrogen-bond acceptors (Lipinski definition) is 3. The minimum Gasteiger partial charge on any atom is -0.368 e. The quantitative estimate of drug-likeness (QED) is 0.926. The molecular weight excluding hydrogens is 264 g/mol. The van der Waals surface area contributed by atoms with Gasteiger partial charge in [0.15, 0.2) is 0 Å². The number of anilines is 1. The van der Waals surface area contributed by atoms with Gasteiger partial charge in [-0.1, -0.05) is 18.2 Å². The molecule has 1 N–H and O–H groups in total. The van der Waals surface area contributed by atoms with Gasteiger partial charge in [-0.2, -0.15) is 0 Å². The second-order valence-electron chi connectivity index (χ2n) is 5.89. The first-order valence-corrected chi connectivity index (χ1v) is 8.05. The smallest absolute Gasteiger partial charge is 0.252 e. The normalized spacial score (nSPS) is 19.9. The molecule has 0 saturated carbocycles. The van der Waals surface area contributed by atoms with E-state index in [4.69, 9.17) is 4.74 Å². The monoisotopic (exact) mass is 288 g/mol. The fraction of sp³-hybridized carbons (Fsp3) is 0.588. The summed E-state index contributed by atoms with van der Waals surface area (Å²) < 4.78 is 5.82. The number of hydrogen-bond donors (Lipinski definition) is 1. The van der Waals surface area contributed by atoms with Gasteiger partial charge in [-0.25, -0.2) is 0 Å². The number of nitrogens with zero attached hydrogens (tertiary/aromatic N) is 1. The number of rotatable bonds is 3. The molecule has 114 valence electrons. The fourth-order valence-electron chi connectivity index (χ4n) is 3.18. The van der Waals surface area contributed by atoms with Crippen molar-refractivity contribution in [1.29, 1.82) is 0 Å². The van der Waals surface area contributed by atoms with Crippen LogP contribution in [0, 0.1) is 0 Å². The lowest BCUT2D eigenvalue weighted by atomic mass is 10.1. The van der Waals surface area contributed by atoms with E-state index in [9.17, 15) is 4.79 Å². The Kier molecular flexibility index (Phi) is 4.88. The van der Waals surface area contributed by atoms with E-state index in [2.05, 4.69) is 23.5 Å². The predicted molar refractivity (Wildman–Crippen MR) is 83.6 cm³/mol. The number of para-hydroxylation sites is 1. The number of piperidine rings is 1. The Balaban J connectivity index is 1.63. The standard InChI is InChI=1S/C17H24N2O2/c20-17(13-21-15-8-10-18-11-9-15)19-12-4-3-6-14-5-1-2-7-16(14)19/h1-2,5,7,15,18H,3-4,6,8-13H2. The lowest BCUT2D eigenvalue weighted by Gasteiger charge is -2.26. The molecule has 0 spiro atoms. The first-order valence-electron chi connectivity index (χ1n) is 8.05. The maximum Gasteiger partial charge on any atom is 0.252 e. The molecule has 0 atom stereocenters. The first kappa shape index (κ1) is 14.5. The number of nitrogens with one attached hydrogen (secondary N) is 1. The Morgan fingerprint density at radius 1 is 1.24 bits per heavy atom. The van der Waals surface area contributed by atoms with Crippen LogP contribution in [0.15, 0.2) is 24.3 Å². The van der Waals surface area contributed by atoms with Crippen molar-refractivity contribution in [1.82, 2.24) is 5.32 Å². The van der Waals surface area contributed by atoms with Crippen molar-refractivity contribution in [2.24, 2.45) is 0 Å². The van der Waals surface area contributed by atoms with Gasteiger partial charge >= 0.3 is 0 Å². The van der Waals surface area contributed by atoms with Crippen LogP contribution in [-0.2, 0) is 16.0 Å². The molecule has 0 radical (unpaired) electrons. The number of ether oxygens (including phenoxy) is 1. The number of carbonyl (C=O) groups is 1. The molecule has 0 aromatic heterocycles. The van der Waals surface area contributed by atoms with E-state index in [1.54, 1.807) is 0 Å². The Bertz CT molecular complexity index is 483. The number of benzene rings is 1. The molecule has 4 heteroatoms. The second-order valence-corrected chi connectivity index (χ2v) is 5.89. The molecule has 4 nitrogen and oxygen atoms in total. The summed E-state index contributed by atoms with van der Waals surface area (Å²) >= 11 is 0. The van der Waals surface area contributed by atoms with E-state index in [0.29, 0.717) is 0 Å². The van der Waals surface area contributed by atoms with E-state index in [1.165, 1.54) is 5.56 Å². The zero-order chi connectivity index (χ0) is 14.5. The molecule has 0 unspecified atom stereocenters. The van der Waals surface area contributed by atoms with Crippen LogP contribution in [0.1, 0.15) is 31.2 Å². The zero-order valence-corrected chi connectivity index (χ0v) is 12.5. The van der Waals surface area contributed by atoms with Gasteiger partial charge in [-0.05, 0) is 56.8 Å². The summed E-state index contributed by atoms with van der Waals surface area (Å²) in [5.74, 6) is 0.0999. The van der Waals surface area contributed by atoms with Crippen molar-refractivity contribution >= 4 is 11.6 Å². The number of aryl methyl sites for hydroxylation is 1. The van der Waals surface area contributed by atoms with Gasteiger partial charge in [0, 0.05) is 12.2 Å². The summed E-state index contributed by atoms with van der Waals surface area (Å²) in [7, 11) is 0. The van der Waals surface area contributed by atoms with Crippen molar-refractivity contribution < 1.29 is 9.53 Å². The van der Waals surface area contributed by atoms with Crippen molar-refractivity contribution in [3.63, 3.8) is 0 Å². The summed E-state index contributed by atoms with van der Waals surface area (Å²) in [6, 6.07) is 8.26. The molecule has 21 heavy (non-hydrogen) atoms. The number of amides is 1. The summed E-state index contributed by atoms with van der Waals surface area (Å²) in [5.41, 5.74) is 2.36. The van der Waals surface area contributed by atoms with E-state index < -0.39 is 0 Å². The highest BCUT2D eigenvalue weighted by molar-refractivity contribution is 5.95. The van der Waals surface area contributed by atoms with Crippen LogP contribution in [0.25, 0.3) is 0 Å². The first-order chi connectivity index (χ1) is 10.3. The van der Waals surface area contributed by atoms with Gasteiger partial charge in [-0.15, -0.1) is 0 Å². The van der Waals surface area contributed by atoms with E-state index >= 15 is 0 Å². The average molecular weight is 288 g/mol. The molecule has 1 amide bonds. The minimum atomic E-state index is 0.0999. The summed E-state index contributed by atoms with van der Waals surface area (Å²) in [6.07, 6.45) is 5.52. The largest absolute Gasteiger partial charge is 0.368 e. The summed E-state index contributed by atoms with van der Waals surface area (Å²) in [6.45, 7) is 3.00. The third-order valence-electron chi connectivity index (χ3n) is 4.39. The Morgan fingerprint density at radius 2 is 2.05 bits per heavy atom. The van der Waals surface area contributed by atoms with E-state index in [1.807, 2.05) is 11.0 Å². The van der Waals surface area contributed by atoms with Crippen molar-refractivity contribution in [3.05, 3.63) is 29.8 Å². The zero-order valence-electron chi connectivity index (χ0n) is 12.5. The highest BCUT2D eigenvalue weighted by Crippen LogP contribution is 2.26. The van der Waals surface area contributed by atoms with Gasteiger partial charge in [0.1, 0.15) is 6.61 Å². The van der Waals surface area contributed by atoms with Crippen LogP contribution < -0.4 is 10.2 Å². The molecule has 1 fully saturated rings. The highest BCUT2D eigenvalue weighted by Gasteiger charge is 2.22. The predicted octanol–water partition coefficient (Wildman–Crippen LogP) is 2.12. The maximum atomic E-state index is 12.5. The van der Waals surface area contributed by atoms with Crippen LogP contribution in [0.5, 0.6) is 0 Å². The topological polar surface area (TPSA) is 41.6 Å². The van der Waals surface area contributed by atoms with E-state index in [-0.39, 0.29) is 18.6 Å². The molecule has 3 rings (SSSR count). The summed E-state index contributed by atoms with van der Waals surface area (Å²) in [4.78, 5) is 14.5. The molecule has 2 aliphatic rings. The molecule has 1 aromatic rings. The van der Waals surface area contributed by atoms with Crippen molar-refractivity contribution in [2.45, 2.75) is 38.2 Å². The Morgan fingerprint density at radius 3 is 2.90 bits per heavy atom. The molecule has 2 heterocycles. The molecule has 2 aliphatic heterocycles. The number of fused-ring (bicyclic) bond motifs is 1. The number of carbonyl (C=O) groups excluding carboxylic acids is 1. The third-order valence-corrected chi connectivity index (χ3v) is 4.39. The van der Waals surface area contributed by atoms with E-state index in [0.717, 1.165) is 57.4 Å². The van der Waals surface area contributed by atoms with Crippen LogP contribution in [0.2, 0.25) is 0 Å². The Labute approximate surface area is 126 Å². The summed E-state index contributed by atoms with van der Waals surface area (Å²) in [5, 5.41) is 3.31. The maximum absolute atomic E-state index is 12.5. The fourth-order valence-corrected chi connectivity index (χ4v) is 3.18. The molecular formula is C17H24N2O2. The lowest BCUT2D eigenvalue weighted by molar-refractivity contribution is -0.125. The van der Waals surface area contributed by atoms with Crippen molar-refractivity contribution in [3.8, 4) is 0 Å². The minimum absolute atomic E-state index is 0.0999. The van der Waals surface area contributed by atoms with Crippen LogP contribution in [-0.4, -0.2) is 38.3 Å². The van der Waals surface area contributed by atoms with Gasteiger partial charge in [0.2, 0.25) is 0 Å². The SMILES string of the molecule is O=C(COC1CCNCC1)N1CCCCc2ccccc21. The average Bonchev–Trinajstić information content (AvgIpc) is 2.76. The van der Waals surface area contributed by atoms with Crippen molar-refractivity contribution in [2.75, 3.05) is 31.1 Å². The van der Waals surface area contributed by atoms with Crippen LogP contribution >= 0.6 is 0 Å². The highest BCUT2D eigenvalue weighted by atomic mass is 16.5. The third kappa shape index (κ3) is 3.63. The lowest BCUT2D eigenvalue weighted by Crippen LogP contribution is -2.38. The molecule has 0 bridgehead atoms. The van der Waals surface area contributed by atoms with Crippen LogP contribution in [0.4, 0.5) is 5.69 Å². The Hall–Kier alpha value is -1.39. The van der Waals surface area contributed by atoms with Gasteiger partial charge in [0.25, 0.3) is 5.91 Å². The van der Waals surface area contributed by atoms with Crippen LogP contribution in [0.3, 0.4) is 0 Å². The van der Waals surface area contributed by atoms with Gasteiger partial charge < -0.3 is 15.0 Å². The van der Waals surface area contributed by atoms with Gasteiger partial charge in [-0.3, -0.25) is 4.79 Å². The van der Waals surface area contributed by atoms with Gasteiger partial charge in [0.05, 0.1) is 6.10 Å². The molecule has 1 saturated heterocycles. The second kappa shape index (κ2) is 7.05. The molecule has 0 aliphatic carbocycles. The molecule has 1 aromatic carbocycles.